The van der Waals surface area contributed by atoms with E-state index in [1.54, 1.807) is 21.3 Å². The van der Waals surface area contributed by atoms with Gasteiger partial charge in [-0.05, 0) is 35.4 Å². The summed E-state index contributed by atoms with van der Waals surface area (Å²) in [5.74, 6) is 1.48. The van der Waals surface area contributed by atoms with Crippen LogP contribution in [0.1, 0.15) is 11.1 Å². The quantitative estimate of drug-likeness (QED) is 0.846. The minimum atomic E-state index is 0.617. The highest BCUT2D eigenvalue weighted by Gasteiger charge is 2.04. The van der Waals surface area contributed by atoms with Gasteiger partial charge in [-0.2, -0.15) is 0 Å². The lowest BCUT2D eigenvalue weighted by Crippen LogP contribution is -2.01. The third-order valence-electron chi connectivity index (χ3n) is 3.18. The highest BCUT2D eigenvalue weighted by atomic mass is 16.5. The van der Waals surface area contributed by atoms with Crippen molar-refractivity contribution in [2.24, 2.45) is 0 Å². The normalized spacial score (nSPS) is 10.2. The van der Waals surface area contributed by atoms with Crippen LogP contribution in [0.25, 0.3) is 0 Å². The fourth-order valence-corrected chi connectivity index (χ4v) is 2.13. The van der Waals surface area contributed by atoms with Gasteiger partial charge in [0.2, 0.25) is 0 Å². The topological polar surface area (TPSA) is 39.7 Å². The van der Waals surface area contributed by atoms with E-state index in [0.29, 0.717) is 6.61 Å². The van der Waals surface area contributed by atoms with E-state index >= 15 is 0 Å². The highest BCUT2D eigenvalue weighted by molar-refractivity contribution is 5.48. The van der Waals surface area contributed by atoms with E-state index in [4.69, 9.17) is 14.2 Å². The van der Waals surface area contributed by atoms with Crippen molar-refractivity contribution >= 4 is 5.69 Å². The Morgan fingerprint density at radius 2 is 1.67 bits per heavy atom. The van der Waals surface area contributed by atoms with Gasteiger partial charge in [-0.25, -0.2) is 0 Å². The predicted molar refractivity (Wildman–Crippen MR) is 84.0 cm³/mol. The van der Waals surface area contributed by atoms with E-state index in [1.165, 1.54) is 0 Å². The Morgan fingerprint density at radius 1 is 0.857 bits per heavy atom. The van der Waals surface area contributed by atoms with Crippen molar-refractivity contribution in [1.82, 2.24) is 0 Å². The Kier molecular flexibility index (Phi) is 5.46. The standard InChI is InChI=1S/C17H21NO3/c1-19-12-14-5-4-6-15(9-14)18-11-13-7-8-16(20-2)17(10-13)21-3/h4-10,18H,11-12H2,1-3H3. The molecule has 0 spiro atoms. The fourth-order valence-electron chi connectivity index (χ4n) is 2.13. The molecule has 0 fully saturated rings. The molecule has 0 saturated heterocycles. The number of rotatable bonds is 7. The third kappa shape index (κ3) is 4.13. The van der Waals surface area contributed by atoms with Crippen LogP contribution in [-0.2, 0) is 17.9 Å². The van der Waals surface area contributed by atoms with Crippen LogP contribution >= 0.6 is 0 Å². The number of anilines is 1. The molecule has 21 heavy (non-hydrogen) atoms. The largest absolute Gasteiger partial charge is 0.493 e. The van der Waals surface area contributed by atoms with E-state index in [-0.39, 0.29) is 0 Å². The predicted octanol–water partition coefficient (Wildman–Crippen LogP) is 3.46. The summed E-state index contributed by atoms with van der Waals surface area (Å²) in [6.45, 7) is 1.34. The Morgan fingerprint density at radius 3 is 2.38 bits per heavy atom. The molecular weight excluding hydrogens is 266 g/mol. The number of ether oxygens (including phenoxy) is 3. The molecule has 112 valence electrons. The van der Waals surface area contributed by atoms with Crippen LogP contribution in [0.3, 0.4) is 0 Å². The van der Waals surface area contributed by atoms with E-state index < -0.39 is 0 Å². The molecule has 0 radical (unpaired) electrons. The van der Waals surface area contributed by atoms with Crippen molar-refractivity contribution in [2.75, 3.05) is 26.6 Å². The van der Waals surface area contributed by atoms with Gasteiger partial charge in [-0.3, -0.25) is 0 Å². The van der Waals surface area contributed by atoms with Crippen molar-refractivity contribution in [3.63, 3.8) is 0 Å². The molecule has 0 aliphatic carbocycles. The van der Waals surface area contributed by atoms with E-state index in [2.05, 4.69) is 11.4 Å². The fraction of sp³-hybridized carbons (Fsp3) is 0.294. The minimum absolute atomic E-state index is 0.617. The molecular formula is C17H21NO3. The van der Waals surface area contributed by atoms with Gasteiger partial charge < -0.3 is 19.5 Å². The van der Waals surface area contributed by atoms with Gasteiger partial charge in [-0.1, -0.05) is 18.2 Å². The average Bonchev–Trinajstić information content (AvgIpc) is 2.53. The molecule has 0 amide bonds. The smallest absolute Gasteiger partial charge is 0.161 e. The lowest BCUT2D eigenvalue weighted by molar-refractivity contribution is 0.185. The lowest BCUT2D eigenvalue weighted by atomic mass is 10.1. The first-order valence-electron chi connectivity index (χ1n) is 6.79. The molecule has 4 nitrogen and oxygen atoms in total. The molecule has 0 aliphatic rings. The summed E-state index contributed by atoms with van der Waals surface area (Å²) in [4.78, 5) is 0. The first kappa shape index (κ1) is 15.2. The zero-order valence-corrected chi connectivity index (χ0v) is 12.7. The summed E-state index contributed by atoms with van der Waals surface area (Å²) in [6.07, 6.45) is 0. The molecule has 1 N–H and O–H groups in total. The van der Waals surface area contributed by atoms with Gasteiger partial charge in [0.15, 0.2) is 11.5 Å². The van der Waals surface area contributed by atoms with Crippen LogP contribution in [0.15, 0.2) is 42.5 Å². The summed E-state index contributed by atoms with van der Waals surface area (Å²) >= 11 is 0. The number of hydrogen-bond donors (Lipinski definition) is 1. The summed E-state index contributed by atoms with van der Waals surface area (Å²) < 4.78 is 15.7. The van der Waals surface area contributed by atoms with Crippen molar-refractivity contribution in [2.45, 2.75) is 13.2 Å². The number of nitrogens with one attached hydrogen (secondary N) is 1. The molecule has 2 aromatic carbocycles. The number of hydrogen-bond acceptors (Lipinski definition) is 4. The molecule has 2 rings (SSSR count). The highest BCUT2D eigenvalue weighted by Crippen LogP contribution is 2.27. The Hall–Kier alpha value is -2.20. The van der Waals surface area contributed by atoms with Crippen LogP contribution < -0.4 is 14.8 Å². The number of benzene rings is 2. The van der Waals surface area contributed by atoms with Gasteiger partial charge in [0.1, 0.15) is 0 Å². The van der Waals surface area contributed by atoms with Crippen molar-refractivity contribution in [3.05, 3.63) is 53.6 Å². The van der Waals surface area contributed by atoms with Gasteiger partial charge in [0, 0.05) is 19.3 Å². The lowest BCUT2D eigenvalue weighted by Gasteiger charge is -2.11. The van der Waals surface area contributed by atoms with Gasteiger partial charge >= 0.3 is 0 Å². The Balaban J connectivity index is 2.04. The molecule has 4 heteroatoms. The first-order chi connectivity index (χ1) is 10.3. The van der Waals surface area contributed by atoms with Crippen molar-refractivity contribution in [3.8, 4) is 11.5 Å². The molecule has 0 saturated carbocycles. The third-order valence-corrected chi connectivity index (χ3v) is 3.18. The summed E-state index contributed by atoms with van der Waals surface area (Å²) in [6, 6.07) is 14.1. The molecule has 0 bridgehead atoms. The Bertz CT molecular complexity index is 584. The number of methoxy groups -OCH3 is 3. The van der Waals surface area contributed by atoms with Crippen LogP contribution in [0.2, 0.25) is 0 Å². The Labute approximate surface area is 125 Å². The van der Waals surface area contributed by atoms with Crippen LogP contribution in [0, 0.1) is 0 Å². The second-order valence-electron chi connectivity index (χ2n) is 4.68. The molecule has 0 atom stereocenters. The summed E-state index contributed by atoms with van der Waals surface area (Å²) in [7, 11) is 4.98. The van der Waals surface area contributed by atoms with Crippen molar-refractivity contribution < 1.29 is 14.2 Å². The molecule has 2 aromatic rings. The van der Waals surface area contributed by atoms with Gasteiger partial charge in [0.25, 0.3) is 0 Å². The summed E-state index contributed by atoms with van der Waals surface area (Å²) in [5, 5.41) is 3.40. The van der Waals surface area contributed by atoms with Crippen molar-refractivity contribution in [1.29, 1.82) is 0 Å². The maximum absolute atomic E-state index is 5.31. The van der Waals surface area contributed by atoms with Crippen LogP contribution in [0.4, 0.5) is 5.69 Å². The van der Waals surface area contributed by atoms with Gasteiger partial charge in [0.05, 0.1) is 20.8 Å². The van der Waals surface area contributed by atoms with E-state index in [9.17, 15) is 0 Å². The van der Waals surface area contributed by atoms with Crippen LogP contribution in [0.5, 0.6) is 11.5 Å². The monoisotopic (exact) mass is 287 g/mol. The first-order valence-corrected chi connectivity index (χ1v) is 6.79. The molecule has 0 heterocycles. The SMILES string of the molecule is COCc1cccc(NCc2ccc(OC)c(OC)c2)c1. The van der Waals surface area contributed by atoms with Gasteiger partial charge in [-0.15, -0.1) is 0 Å². The van der Waals surface area contributed by atoms with E-state index in [1.807, 2.05) is 36.4 Å². The molecule has 0 unspecified atom stereocenters. The second kappa shape index (κ2) is 7.55. The summed E-state index contributed by atoms with van der Waals surface area (Å²) in [5.41, 5.74) is 3.35. The van der Waals surface area contributed by atoms with E-state index in [0.717, 1.165) is 34.9 Å². The second-order valence-corrected chi connectivity index (χ2v) is 4.68. The zero-order valence-electron chi connectivity index (χ0n) is 12.7. The molecule has 0 aromatic heterocycles. The molecule has 0 aliphatic heterocycles. The minimum Gasteiger partial charge on any atom is -0.493 e. The van der Waals surface area contributed by atoms with Crippen LogP contribution in [-0.4, -0.2) is 21.3 Å². The maximum atomic E-state index is 5.31. The zero-order chi connectivity index (χ0) is 15.1. The average molecular weight is 287 g/mol. The maximum Gasteiger partial charge on any atom is 0.161 e.